The van der Waals surface area contributed by atoms with E-state index in [1.807, 2.05) is 6.92 Å². The average molecular weight is 368 g/mol. The molecule has 1 aliphatic rings. The maximum atomic E-state index is 12.9. The lowest BCUT2D eigenvalue weighted by Gasteiger charge is -2.21. The summed E-state index contributed by atoms with van der Waals surface area (Å²) >= 11 is 0. The van der Waals surface area contributed by atoms with Crippen LogP contribution in [-0.4, -0.2) is 11.8 Å². The van der Waals surface area contributed by atoms with E-state index in [1.54, 1.807) is 12.1 Å². The zero-order valence-electron chi connectivity index (χ0n) is 15.6. The smallest absolute Gasteiger partial charge is 0.309 e. The highest BCUT2D eigenvalue weighted by Crippen LogP contribution is 2.26. The Bertz CT molecular complexity index is 818. The molecule has 2 aromatic rings. The van der Waals surface area contributed by atoms with Crippen LogP contribution in [0.15, 0.2) is 42.5 Å². The fourth-order valence-corrected chi connectivity index (χ4v) is 3.48. The quantitative estimate of drug-likeness (QED) is 0.793. The van der Waals surface area contributed by atoms with Crippen molar-refractivity contribution in [3.8, 4) is 0 Å². The Balaban J connectivity index is 1.59. The van der Waals surface area contributed by atoms with Gasteiger partial charge in [-0.15, -0.1) is 0 Å². The van der Waals surface area contributed by atoms with Crippen LogP contribution in [0.2, 0.25) is 0 Å². The van der Waals surface area contributed by atoms with E-state index < -0.39 is 11.8 Å². The molecule has 2 aromatic carbocycles. The van der Waals surface area contributed by atoms with Gasteiger partial charge in [-0.2, -0.15) is 0 Å². The lowest BCUT2D eigenvalue weighted by molar-refractivity contribution is -0.139. The van der Waals surface area contributed by atoms with Gasteiger partial charge in [-0.05, 0) is 66.5 Å². The lowest BCUT2D eigenvalue weighted by atomic mass is 9.89. The van der Waals surface area contributed by atoms with E-state index in [1.165, 1.54) is 36.1 Å². The van der Waals surface area contributed by atoms with Gasteiger partial charge in [-0.1, -0.05) is 37.3 Å². The van der Waals surface area contributed by atoms with Crippen LogP contribution in [0.1, 0.15) is 54.5 Å². The second-order valence-electron chi connectivity index (χ2n) is 6.98. The normalized spacial score (nSPS) is 14.1. The highest BCUT2D eigenvalue weighted by molar-refractivity contribution is 6.35. The van der Waals surface area contributed by atoms with E-state index in [9.17, 15) is 14.0 Å². The molecule has 0 saturated carbocycles. The van der Waals surface area contributed by atoms with Crippen LogP contribution >= 0.6 is 0 Å². The first-order chi connectivity index (χ1) is 13.1. The molecule has 2 amide bonds. The number of hydrogen-bond donors (Lipinski definition) is 2. The third-order valence-electron chi connectivity index (χ3n) is 5.06. The molecular weight excluding hydrogens is 343 g/mol. The van der Waals surface area contributed by atoms with Crippen molar-refractivity contribution in [3.05, 3.63) is 70.5 Å². The Morgan fingerprint density at radius 1 is 1.00 bits per heavy atom. The monoisotopic (exact) mass is 368 g/mol. The number of rotatable bonds is 5. The molecule has 142 valence electrons. The van der Waals surface area contributed by atoms with E-state index in [4.69, 9.17) is 0 Å². The molecule has 5 heteroatoms. The molecule has 0 bridgehead atoms. The van der Waals surface area contributed by atoms with E-state index in [0.717, 1.165) is 24.0 Å². The Morgan fingerprint density at radius 3 is 2.41 bits per heavy atom. The summed E-state index contributed by atoms with van der Waals surface area (Å²) in [6, 6.07) is 12.0. The summed E-state index contributed by atoms with van der Waals surface area (Å²) in [7, 11) is 0. The predicted octanol–water partition coefficient (Wildman–Crippen LogP) is 3.59. The summed E-state index contributed by atoms with van der Waals surface area (Å²) in [6.07, 6.45) is 5.33. The number of carbonyl (C=O) groups excluding carboxylic acids is 2. The molecular formula is C22H25FN2O2. The minimum absolute atomic E-state index is 0.183. The molecule has 4 nitrogen and oxygen atoms in total. The molecule has 3 rings (SSSR count). The molecule has 0 fully saturated rings. The summed E-state index contributed by atoms with van der Waals surface area (Å²) in [5, 5.41) is 5.40. The maximum absolute atomic E-state index is 12.9. The number of nitrogens with one attached hydrogen (secondary N) is 2. The highest BCUT2D eigenvalue weighted by atomic mass is 19.1. The van der Waals surface area contributed by atoms with Crippen molar-refractivity contribution in [1.29, 1.82) is 0 Å². The van der Waals surface area contributed by atoms with Crippen molar-refractivity contribution in [3.63, 3.8) is 0 Å². The van der Waals surface area contributed by atoms with Gasteiger partial charge in [0.15, 0.2) is 0 Å². The summed E-state index contributed by atoms with van der Waals surface area (Å²) in [5.41, 5.74) is 4.52. The van der Waals surface area contributed by atoms with Gasteiger partial charge in [0, 0.05) is 6.54 Å². The molecule has 0 spiro atoms. The molecule has 0 saturated heterocycles. The first-order valence-electron chi connectivity index (χ1n) is 9.51. The van der Waals surface area contributed by atoms with Gasteiger partial charge in [0.2, 0.25) is 0 Å². The maximum Gasteiger partial charge on any atom is 0.309 e. The third-order valence-corrected chi connectivity index (χ3v) is 5.06. The van der Waals surface area contributed by atoms with Gasteiger partial charge in [0.1, 0.15) is 5.82 Å². The summed E-state index contributed by atoms with van der Waals surface area (Å²) in [5.74, 6) is -1.67. The van der Waals surface area contributed by atoms with Crippen LogP contribution in [0.5, 0.6) is 0 Å². The Hall–Kier alpha value is -2.69. The van der Waals surface area contributed by atoms with Crippen molar-refractivity contribution >= 4 is 11.8 Å². The van der Waals surface area contributed by atoms with Crippen LogP contribution in [-0.2, 0) is 29.0 Å². The molecule has 0 radical (unpaired) electrons. The molecule has 27 heavy (non-hydrogen) atoms. The first-order valence-corrected chi connectivity index (χ1v) is 9.51. The molecule has 2 N–H and O–H groups in total. The Kier molecular flexibility index (Phi) is 6.22. The molecule has 1 unspecified atom stereocenters. The summed E-state index contributed by atoms with van der Waals surface area (Å²) < 4.78 is 12.9. The summed E-state index contributed by atoms with van der Waals surface area (Å²) in [6.45, 7) is 2.17. The fraction of sp³-hybridized carbons (Fsp3) is 0.364. The molecule has 1 atom stereocenters. The number of hydrogen-bond acceptors (Lipinski definition) is 2. The van der Waals surface area contributed by atoms with Gasteiger partial charge in [-0.25, -0.2) is 4.39 Å². The topological polar surface area (TPSA) is 58.2 Å². The van der Waals surface area contributed by atoms with Gasteiger partial charge in [-0.3, -0.25) is 9.59 Å². The zero-order chi connectivity index (χ0) is 19.2. The van der Waals surface area contributed by atoms with Crippen LogP contribution in [0.4, 0.5) is 4.39 Å². The van der Waals surface area contributed by atoms with Gasteiger partial charge < -0.3 is 10.6 Å². The van der Waals surface area contributed by atoms with Crippen LogP contribution in [0.25, 0.3) is 0 Å². The minimum atomic E-state index is -0.685. The van der Waals surface area contributed by atoms with Crippen LogP contribution in [0.3, 0.4) is 0 Å². The minimum Gasteiger partial charge on any atom is -0.344 e. The second-order valence-corrected chi connectivity index (χ2v) is 6.98. The van der Waals surface area contributed by atoms with E-state index in [0.29, 0.717) is 6.42 Å². The fourth-order valence-electron chi connectivity index (χ4n) is 3.48. The van der Waals surface area contributed by atoms with Gasteiger partial charge in [0.25, 0.3) is 0 Å². The average Bonchev–Trinajstić information content (AvgIpc) is 2.70. The predicted molar refractivity (Wildman–Crippen MR) is 103 cm³/mol. The van der Waals surface area contributed by atoms with Crippen LogP contribution < -0.4 is 10.6 Å². The number of fused-ring (bicyclic) bond motifs is 1. The van der Waals surface area contributed by atoms with E-state index in [2.05, 4.69) is 28.8 Å². The van der Waals surface area contributed by atoms with Crippen molar-refractivity contribution < 1.29 is 14.0 Å². The number of aryl methyl sites for hydroxylation is 2. The SMILES string of the molecule is CCC(NC(=O)C(=O)NCc1ccc(F)cc1)c1ccc2c(c1)CCCC2. The number of amides is 2. The van der Waals surface area contributed by atoms with E-state index in [-0.39, 0.29) is 18.4 Å². The second kappa shape index (κ2) is 8.80. The Labute approximate surface area is 159 Å². The first kappa shape index (κ1) is 19.1. The molecule has 0 aromatic heterocycles. The number of carbonyl (C=O) groups is 2. The summed E-state index contributed by atoms with van der Waals surface area (Å²) in [4.78, 5) is 24.4. The number of benzene rings is 2. The molecule has 0 aliphatic heterocycles. The van der Waals surface area contributed by atoms with E-state index >= 15 is 0 Å². The van der Waals surface area contributed by atoms with Crippen molar-refractivity contribution in [2.45, 2.75) is 51.6 Å². The van der Waals surface area contributed by atoms with Crippen molar-refractivity contribution in [2.24, 2.45) is 0 Å². The molecule has 1 aliphatic carbocycles. The van der Waals surface area contributed by atoms with Gasteiger partial charge in [0.05, 0.1) is 6.04 Å². The zero-order valence-corrected chi connectivity index (χ0v) is 15.6. The largest absolute Gasteiger partial charge is 0.344 e. The lowest BCUT2D eigenvalue weighted by Crippen LogP contribution is -2.41. The molecule has 0 heterocycles. The number of halogens is 1. The van der Waals surface area contributed by atoms with Crippen molar-refractivity contribution in [2.75, 3.05) is 0 Å². The third kappa shape index (κ3) is 4.94. The van der Waals surface area contributed by atoms with Crippen molar-refractivity contribution in [1.82, 2.24) is 10.6 Å². The van der Waals surface area contributed by atoms with Gasteiger partial charge >= 0.3 is 11.8 Å². The standard InChI is InChI=1S/C22H25FN2O2/c1-2-20(18-10-9-16-5-3-4-6-17(16)13-18)25-22(27)21(26)24-14-15-7-11-19(23)12-8-15/h7-13,20H,2-6,14H2,1H3,(H,24,26)(H,25,27). The highest BCUT2D eigenvalue weighted by Gasteiger charge is 2.20. The Morgan fingerprint density at radius 2 is 1.70 bits per heavy atom. The van der Waals surface area contributed by atoms with Crippen LogP contribution in [0, 0.1) is 5.82 Å².